The van der Waals surface area contributed by atoms with Gasteiger partial charge in [-0.05, 0) is 56.4 Å². The van der Waals surface area contributed by atoms with Gasteiger partial charge in [0, 0.05) is 50.1 Å². The number of nitrogens with zero attached hydrogens (tertiary/aromatic N) is 4. The van der Waals surface area contributed by atoms with Crippen LogP contribution < -0.4 is 5.32 Å². The van der Waals surface area contributed by atoms with Crippen molar-refractivity contribution >= 4 is 5.82 Å². The molecule has 0 amide bonds. The van der Waals surface area contributed by atoms with Crippen LogP contribution in [0.15, 0.2) is 12.3 Å². The molecule has 3 atom stereocenters. The molecule has 1 saturated carbocycles. The minimum atomic E-state index is -4.51. The molecule has 174 valence electrons. The quantitative estimate of drug-likeness (QED) is 0.723. The summed E-state index contributed by atoms with van der Waals surface area (Å²) >= 11 is 0. The number of hydrogen-bond donors (Lipinski definition) is 2. The van der Waals surface area contributed by atoms with Crippen LogP contribution in [-0.2, 0) is 10.9 Å². The van der Waals surface area contributed by atoms with Gasteiger partial charge in [-0.1, -0.05) is 0 Å². The lowest BCUT2D eigenvalue weighted by molar-refractivity contribution is -0.137. The van der Waals surface area contributed by atoms with E-state index in [9.17, 15) is 13.2 Å². The van der Waals surface area contributed by atoms with Crippen LogP contribution in [0, 0.1) is 24.7 Å². The van der Waals surface area contributed by atoms with Gasteiger partial charge in [0.25, 0.3) is 0 Å². The summed E-state index contributed by atoms with van der Waals surface area (Å²) in [7, 11) is 0. The molecule has 2 saturated heterocycles. The zero-order valence-electron chi connectivity index (χ0n) is 18.2. The number of ether oxygens (including phenoxy) is 1. The van der Waals surface area contributed by atoms with Gasteiger partial charge in [-0.3, -0.25) is 5.10 Å². The van der Waals surface area contributed by atoms with E-state index in [2.05, 4.69) is 30.6 Å². The average Bonchev–Trinajstić information content (AvgIpc) is 3.43. The van der Waals surface area contributed by atoms with Crippen LogP contribution in [0.2, 0.25) is 0 Å². The van der Waals surface area contributed by atoms with Crippen molar-refractivity contribution in [2.45, 2.75) is 44.8 Å². The first-order valence-electron chi connectivity index (χ1n) is 11.4. The minimum Gasteiger partial charge on any atom is -0.381 e. The van der Waals surface area contributed by atoms with E-state index < -0.39 is 11.7 Å². The van der Waals surface area contributed by atoms with Gasteiger partial charge in [0.05, 0.1) is 11.9 Å². The Kier molecular flexibility index (Phi) is 5.83. The first-order chi connectivity index (χ1) is 15.4. The third kappa shape index (κ3) is 4.47. The summed E-state index contributed by atoms with van der Waals surface area (Å²) in [6.45, 7) is 6.66. The van der Waals surface area contributed by atoms with Gasteiger partial charge in [-0.25, -0.2) is 0 Å². The molecule has 0 spiro atoms. The summed E-state index contributed by atoms with van der Waals surface area (Å²) in [5.41, 5.74) is 0.569. The smallest absolute Gasteiger partial charge is 0.381 e. The van der Waals surface area contributed by atoms with E-state index in [1.54, 1.807) is 6.92 Å². The molecule has 10 heteroatoms. The Bertz CT molecular complexity index is 928. The highest BCUT2D eigenvalue weighted by atomic mass is 19.4. The molecule has 7 nitrogen and oxygen atoms in total. The van der Waals surface area contributed by atoms with Crippen LogP contribution in [-0.4, -0.2) is 64.2 Å². The second kappa shape index (κ2) is 8.62. The first-order valence-corrected chi connectivity index (χ1v) is 11.4. The number of aromatic amines is 1. The van der Waals surface area contributed by atoms with Crippen LogP contribution >= 0.6 is 0 Å². The highest BCUT2D eigenvalue weighted by Crippen LogP contribution is 2.41. The van der Waals surface area contributed by atoms with Crippen molar-refractivity contribution in [3.05, 3.63) is 23.5 Å². The summed E-state index contributed by atoms with van der Waals surface area (Å²) in [6, 6.07) is 1.06. The lowest BCUT2D eigenvalue weighted by atomic mass is 10.00. The van der Waals surface area contributed by atoms with Gasteiger partial charge in [0.15, 0.2) is 5.82 Å². The second-order valence-corrected chi connectivity index (χ2v) is 9.51. The molecule has 0 radical (unpaired) electrons. The Morgan fingerprint density at radius 1 is 1.16 bits per heavy atom. The highest BCUT2D eigenvalue weighted by Gasteiger charge is 2.43. The predicted octanol–water partition coefficient (Wildman–Crippen LogP) is 3.74. The number of H-pyrrole nitrogens is 1. The number of fused-ring (bicyclic) bond motifs is 1. The van der Waals surface area contributed by atoms with Crippen molar-refractivity contribution < 1.29 is 17.9 Å². The van der Waals surface area contributed by atoms with E-state index in [-0.39, 0.29) is 17.6 Å². The average molecular weight is 451 g/mol. The van der Waals surface area contributed by atoms with Crippen LogP contribution in [0.25, 0.3) is 11.3 Å². The zero-order chi connectivity index (χ0) is 22.3. The number of aromatic nitrogens is 4. The van der Waals surface area contributed by atoms with Gasteiger partial charge in [-0.15, -0.1) is 10.2 Å². The van der Waals surface area contributed by atoms with Crippen molar-refractivity contribution in [1.82, 2.24) is 25.3 Å². The molecule has 0 aromatic carbocycles. The molecule has 0 bridgehead atoms. The second-order valence-electron chi connectivity index (χ2n) is 9.51. The maximum Gasteiger partial charge on any atom is 0.420 e. The van der Waals surface area contributed by atoms with Crippen LogP contribution in [0.5, 0.6) is 0 Å². The topological polar surface area (TPSA) is 79.0 Å². The molecular weight excluding hydrogens is 421 g/mol. The largest absolute Gasteiger partial charge is 0.420 e. The normalized spacial score (nSPS) is 27.1. The van der Waals surface area contributed by atoms with E-state index >= 15 is 0 Å². The Hall–Kier alpha value is -2.20. The molecule has 3 fully saturated rings. The number of nitrogens with one attached hydrogen (secondary N) is 2. The third-order valence-electron chi connectivity index (χ3n) is 7.23. The maximum atomic E-state index is 13.8. The van der Waals surface area contributed by atoms with E-state index in [1.807, 2.05) is 0 Å². The van der Waals surface area contributed by atoms with Crippen molar-refractivity contribution in [3.8, 4) is 11.3 Å². The van der Waals surface area contributed by atoms with Crippen molar-refractivity contribution in [2.75, 3.05) is 38.2 Å². The molecule has 3 aliphatic rings. The van der Waals surface area contributed by atoms with E-state index in [1.165, 1.54) is 6.20 Å². The van der Waals surface area contributed by atoms with Gasteiger partial charge >= 0.3 is 6.18 Å². The van der Waals surface area contributed by atoms with Gasteiger partial charge in [0.2, 0.25) is 0 Å². The zero-order valence-corrected chi connectivity index (χ0v) is 18.2. The Morgan fingerprint density at radius 3 is 2.50 bits per heavy atom. The van der Waals surface area contributed by atoms with Crippen LogP contribution in [0.4, 0.5) is 19.0 Å². The molecule has 1 aliphatic carbocycles. The molecule has 4 heterocycles. The van der Waals surface area contributed by atoms with Crippen molar-refractivity contribution in [1.29, 1.82) is 0 Å². The Morgan fingerprint density at radius 2 is 1.88 bits per heavy atom. The summed E-state index contributed by atoms with van der Waals surface area (Å²) in [4.78, 5) is 2.55. The lowest BCUT2D eigenvalue weighted by Crippen LogP contribution is -2.32. The summed E-state index contributed by atoms with van der Waals surface area (Å²) in [5.74, 6) is 1.59. The molecule has 32 heavy (non-hydrogen) atoms. The predicted molar refractivity (Wildman–Crippen MR) is 113 cm³/mol. The number of likely N-dealkylation sites (tertiary alicyclic amines) is 1. The third-order valence-corrected chi connectivity index (χ3v) is 7.23. The summed E-state index contributed by atoms with van der Waals surface area (Å²) < 4.78 is 46.9. The van der Waals surface area contributed by atoms with E-state index in [4.69, 9.17) is 4.74 Å². The van der Waals surface area contributed by atoms with Gasteiger partial charge < -0.3 is 15.0 Å². The summed E-state index contributed by atoms with van der Waals surface area (Å²) in [5, 5.41) is 17.7. The number of anilines is 1. The number of rotatable bonds is 5. The molecule has 5 rings (SSSR count). The Balaban J connectivity index is 1.24. The number of hydrogen-bond acceptors (Lipinski definition) is 6. The maximum absolute atomic E-state index is 13.8. The molecule has 2 aliphatic heterocycles. The van der Waals surface area contributed by atoms with E-state index in [0.717, 1.165) is 64.6 Å². The summed E-state index contributed by atoms with van der Waals surface area (Å²) in [6.07, 6.45) is 0.954. The van der Waals surface area contributed by atoms with Crippen LogP contribution in [0.3, 0.4) is 0 Å². The highest BCUT2D eigenvalue weighted by molar-refractivity contribution is 5.63. The molecule has 2 aromatic heterocycles. The lowest BCUT2D eigenvalue weighted by Gasteiger charge is -2.28. The SMILES string of the molecule is Cc1[nH]ncc1-c1cc(C(F)(F)F)c(NC2C[C@@H]3CN(CC4CCOCC4)C[C@@H]3C2)nn1. The van der Waals surface area contributed by atoms with Gasteiger partial charge in [0.1, 0.15) is 5.56 Å². The van der Waals surface area contributed by atoms with Crippen LogP contribution in [0.1, 0.15) is 36.9 Å². The van der Waals surface area contributed by atoms with Crippen molar-refractivity contribution in [3.63, 3.8) is 0 Å². The molecule has 2 N–H and O–H groups in total. The minimum absolute atomic E-state index is 0.00728. The fraction of sp³-hybridized carbons (Fsp3) is 0.682. The Labute approximate surface area is 185 Å². The van der Waals surface area contributed by atoms with Crippen molar-refractivity contribution in [2.24, 2.45) is 17.8 Å². The fourth-order valence-electron chi connectivity index (χ4n) is 5.61. The molecule has 1 unspecified atom stereocenters. The molecule has 2 aromatic rings. The number of aryl methyl sites for hydroxylation is 1. The van der Waals surface area contributed by atoms with E-state index in [0.29, 0.717) is 29.0 Å². The molecular formula is C22H29F3N6O. The monoisotopic (exact) mass is 450 g/mol. The number of halogens is 3. The first kappa shape index (κ1) is 21.6. The number of alkyl halides is 3. The standard InChI is InChI=1S/C22H29F3N6O/c1-13-18(9-26-28-13)20-8-19(22(23,24)25)21(30-29-20)27-17-6-15-11-31(12-16(15)7-17)10-14-2-4-32-5-3-14/h8-9,14-17H,2-7,10-12H2,1H3,(H,26,28)(H,27,30)/t15-,16+,17?. The van der Waals surface area contributed by atoms with Gasteiger partial charge in [-0.2, -0.15) is 18.3 Å². The fourth-order valence-corrected chi connectivity index (χ4v) is 5.61.